The van der Waals surface area contributed by atoms with E-state index < -0.39 is 0 Å². The van der Waals surface area contributed by atoms with Gasteiger partial charge in [-0.2, -0.15) is 0 Å². The highest BCUT2D eigenvalue weighted by atomic mass is 16.5. The zero-order valence-electron chi connectivity index (χ0n) is 12.8. The molecule has 0 radical (unpaired) electrons. The highest BCUT2D eigenvalue weighted by Crippen LogP contribution is 2.37. The molecule has 3 nitrogen and oxygen atoms in total. The van der Waals surface area contributed by atoms with Gasteiger partial charge in [-0.15, -0.1) is 0 Å². The van der Waals surface area contributed by atoms with Crippen LogP contribution in [0.3, 0.4) is 0 Å². The van der Waals surface area contributed by atoms with Gasteiger partial charge >= 0.3 is 0 Å². The lowest BCUT2D eigenvalue weighted by Gasteiger charge is -2.38. The standard InChI is InChI=1S/C18H22N2O/c1-12-10-20(11-13(2)21-12)18-14-6-3-4-8-16(14)19-17-9-5-7-15(17)18/h3-4,6,8,12-13H,5,7,9-11H2,1-2H3. The maximum absolute atomic E-state index is 5.91. The summed E-state index contributed by atoms with van der Waals surface area (Å²) in [6.45, 7) is 6.30. The van der Waals surface area contributed by atoms with E-state index in [-0.39, 0.29) is 12.2 Å². The Hall–Kier alpha value is -1.61. The summed E-state index contributed by atoms with van der Waals surface area (Å²) in [7, 11) is 0. The molecule has 4 rings (SSSR count). The Labute approximate surface area is 125 Å². The van der Waals surface area contributed by atoms with Crippen LogP contribution in [0, 0.1) is 0 Å². The minimum atomic E-state index is 0.290. The third kappa shape index (κ3) is 2.20. The van der Waals surface area contributed by atoms with Crippen molar-refractivity contribution in [3.8, 4) is 0 Å². The number of anilines is 1. The Balaban J connectivity index is 1.90. The molecule has 1 aliphatic carbocycles. The molecular weight excluding hydrogens is 260 g/mol. The lowest BCUT2D eigenvalue weighted by molar-refractivity contribution is -0.00517. The molecule has 1 aromatic heterocycles. The molecular formula is C18H22N2O. The largest absolute Gasteiger partial charge is 0.372 e. The molecule has 0 saturated carbocycles. The highest BCUT2D eigenvalue weighted by Gasteiger charge is 2.28. The molecule has 0 N–H and O–H groups in total. The van der Waals surface area contributed by atoms with Gasteiger partial charge < -0.3 is 9.64 Å². The van der Waals surface area contributed by atoms with Gasteiger partial charge in [-0.25, -0.2) is 0 Å². The van der Waals surface area contributed by atoms with E-state index in [4.69, 9.17) is 9.72 Å². The molecule has 2 atom stereocenters. The quantitative estimate of drug-likeness (QED) is 0.802. The molecule has 1 aromatic carbocycles. The second kappa shape index (κ2) is 4.99. The van der Waals surface area contributed by atoms with Gasteiger partial charge in [-0.3, -0.25) is 4.98 Å². The number of ether oxygens (including phenoxy) is 1. The molecule has 110 valence electrons. The summed E-state index contributed by atoms with van der Waals surface area (Å²) in [4.78, 5) is 7.43. The SMILES string of the molecule is CC1CN(c2c3c(nc4ccccc24)CCC3)CC(C)O1. The predicted octanol–water partition coefficient (Wildman–Crippen LogP) is 3.34. The van der Waals surface area contributed by atoms with Crippen molar-refractivity contribution in [2.75, 3.05) is 18.0 Å². The molecule has 1 aliphatic heterocycles. The Kier molecular flexibility index (Phi) is 3.11. The number of morpholine rings is 1. The molecule has 0 spiro atoms. The summed E-state index contributed by atoms with van der Waals surface area (Å²) in [6.07, 6.45) is 4.11. The summed E-state index contributed by atoms with van der Waals surface area (Å²) < 4.78 is 5.91. The lowest BCUT2D eigenvalue weighted by atomic mass is 10.0. The first-order chi connectivity index (χ1) is 10.2. The summed E-state index contributed by atoms with van der Waals surface area (Å²) in [6, 6.07) is 8.58. The van der Waals surface area contributed by atoms with Crippen molar-refractivity contribution in [1.29, 1.82) is 0 Å². The second-order valence-corrected chi connectivity index (χ2v) is 6.42. The monoisotopic (exact) mass is 282 g/mol. The molecule has 0 bridgehead atoms. The molecule has 21 heavy (non-hydrogen) atoms. The fraction of sp³-hybridized carbons (Fsp3) is 0.500. The Morgan fingerprint density at radius 1 is 1.10 bits per heavy atom. The number of hydrogen-bond acceptors (Lipinski definition) is 3. The first kappa shape index (κ1) is 13.1. The summed E-state index contributed by atoms with van der Waals surface area (Å²) in [5.41, 5.74) is 5.36. The van der Waals surface area contributed by atoms with Gasteiger partial charge in [0, 0.05) is 24.2 Å². The fourth-order valence-electron chi connectivity index (χ4n) is 3.91. The number of aromatic nitrogens is 1. The van der Waals surface area contributed by atoms with Crippen LogP contribution in [0.15, 0.2) is 24.3 Å². The van der Waals surface area contributed by atoms with Crippen LogP contribution in [0.25, 0.3) is 10.9 Å². The second-order valence-electron chi connectivity index (χ2n) is 6.42. The molecule has 2 aliphatic rings. The molecule has 1 saturated heterocycles. The van der Waals surface area contributed by atoms with E-state index in [0.29, 0.717) is 0 Å². The number of para-hydroxylation sites is 1. The van der Waals surface area contributed by atoms with Crippen molar-refractivity contribution >= 4 is 16.6 Å². The lowest BCUT2D eigenvalue weighted by Crippen LogP contribution is -2.46. The van der Waals surface area contributed by atoms with Gasteiger partial charge in [0.05, 0.1) is 23.4 Å². The van der Waals surface area contributed by atoms with Crippen LogP contribution in [0.1, 0.15) is 31.5 Å². The molecule has 1 fully saturated rings. The van der Waals surface area contributed by atoms with E-state index in [1.165, 1.54) is 35.2 Å². The number of nitrogens with zero attached hydrogens (tertiary/aromatic N) is 2. The van der Waals surface area contributed by atoms with Crippen molar-refractivity contribution in [2.45, 2.75) is 45.3 Å². The topological polar surface area (TPSA) is 25.4 Å². The van der Waals surface area contributed by atoms with Crippen LogP contribution < -0.4 is 4.90 Å². The fourth-order valence-corrected chi connectivity index (χ4v) is 3.91. The smallest absolute Gasteiger partial charge is 0.0726 e. The van der Waals surface area contributed by atoms with Crippen molar-refractivity contribution < 1.29 is 4.74 Å². The van der Waals surface area contributed by atoms with E-state index in [9.17, 15) is 0 Å². The molecule has 2 heterocycles. The van der Waals surface area contributed by atoms with Crippen LogP contribution in [0.2, 0.25) is 0 Å². The normalized spacial score (nSPS) is 25.3. The first-order valence-corrected chi connectivity index (χ1v) is 8.03. The van der Waals surface area contributed by atoms with Gasteiger partial charge in [-0.05, 0) is 44.7 Å². The van der Waals surface area contributed by atoms with Crippen molar-refractivity contribution in [1.82, 2.24) is 4.98 Å². The molecule has 0 amide bonds. The van der Waals surface area contributed by atoms with Gasteiger partial charge in [0.2, 0.25) is 0 Å². The van der Waals surface area contributed by atoms with Crippen LogP contribution in [-0.4, -0.2) is 30.3 Å². The van der Waals surface area contributed by atoms with Crippen LogP contribution >= 0.6 is 0 Å². The molecule has 2 unspecified atom stereocenters. The van der Waals surface area contributed by atoms with Crippen molar-refractivity contribution in [3.63, 3.8) is 0 Å². The van der Waals surface area contributed by atoms with E-state index >= 15 is 0 Å². The number of pyridine rings is 1. The Bertz CT molecular complexity index is 672. The van der Waals surface area contributed by atoms with E-state index in [0.717, 1.165) is 25.0 Å². The Morgan fingerprint density at radius 2 is 1.86 bits per heavy atom. The number of fused-ring (bicyclic) bond motifs is 2. The zero-order chi connectivity index (χ0) is 14.4. The average Bonchev–Trinajstić information content (AvgIpc) is 2.91. The van der Waals surface area contributed by atoms with Gasteiger partial charge in [-0.1, -0.05) is 18.2 Å². The minimum Gasteiger partial charge on any atom is -0.372 e. The maximum Gasteiger partial charge on any atom is 0.0726 e. The third-order valence-electron chi connectivity index (χ3n) is 4.62. The summed E-state index contributed by atoms with van der Waals surface area (Å²) in [5, 5.41) is 1.31. The van der Waals surface area contributed by atoms with Crippen molar-refractivity contribution in [2.24, 2.45) is 0 Å². The predicted molar refractivity (Wildman–Crippen MR) is 86.0 cm³/mol. The van der Waals surface area contributed by atoms with E-state index in [1.54, 1.807) is 0 Å². The Morgan fingerprint density at radius 3 is 2.67 bits per heavy atom. The minimum absolute atomic E-state index is 0.290. The highest BCUT2D eigenvalue weighted by molar-refractivity contribution is 5.94. The van der Waals surface area contributed by atoms with E-state index in [1.807, 2.05) is 0 Å². The van der Waals surface area contributed by atoms with Gasteiger partial charge in [0.1, 0.15) is 0 Å². The number of hydrogen-bond donors (Lipinski definition) is 0. The molecule has 3 heteroatoms. The van der Waals surface area contributed by atoms with Crippen LogP contribution in [0.5, 0.6) is 0 Å². The average molecular weight is 282 g/mol. The zero-order valence-corrected chi connectivity index (χ0v) is 12.8. The maximum atomic E-state index is 5.91. The molecule has 2 aromatic rings. The van der Waals surface area contributed by atoms with Crippen LogP contribution in [0.4, 0.5) is 5.69 Å². The summed E-state index contributed by atoms with van der Waals surface area (Å²) >= 11 is 0. The van der Waals surface area contributed by atoms with Gasteiger partial charge in [0.25, 0.3) is 0 Å². The number of benzene rings is 1. The van der Waals surface area contributed by atoms with Gasteiger partial charge in [0.15, 0.2) is 0 Å². The summed E-state index contributed by atoms with van der Waals surface area (Å²) in [5.74, 6) is 0. The van der Waals surface area contributed by atoms with Crippen LogP contribution in [-0.2, 0) is 17.6 Å². The number of aryl methyl sites for hydroxylation is 1. The first-order valence-electron chi connectivity index (χ1n) is 8.03. The van der Waals surface area contributed by atoms with Crippen molar-refractivity contribution in [3.05, 3.63) is 35.5 Å². The third-order valence-corrected chi connectivity index (χ3v) is 4.62. The number of rotatable bonds is 1. The van der Waals surface area contributed by atoms with E-state index in [2.05, 4.69) is 43.0 Å².